The van der Waals surface area contributed by atoms with E-state index in [-0.39, 0.29) is 5.54 Å². The molecule has 110 valence electrons. The Hall–Kier alpha value is -1.68. The van der Waals surface area contributed by atoms with Gasteiger partial charge in [0.25, 0.3) is 0 Å². The third kappa shape index (κ3) is 2.09. The number of aromatic nitrogens is 2. The number of benzene rings is 1. The molecular weight excluding hydrogens is 262 g/mol. The predicted molar refractivity (Wildman–Crippen MR) is 80.8 cm³/mol. The molecule has 1 aromatic carbocycles. The first-order chi connectivity index (χ1) is 10.2. The summed E-state index contributed by atoms with van der Waals surface area (Å²) in [5.74, 6) is 2.70. The van der Waals surface area contributed by atoms with Gasteiger partial charge in [0.2, 0.25) is 11.7 Å². The molecule has 2 fully saturated rings. The van der Waals surface area contributed by atoms with E-state index in [0.717, 1.165) is 24.4 Å². The van der Waals surface area contributed by atoms with Crippen LogP contribution >= 0.6 is 0 Å². The number of nitrogens with zero attached hydrogens (tertiary/aromatic N) is 2. The van der Waals surface area contributed by atoms with Crippen molar-refractivity contribution >= 4 is 0 Å². The normalized spacial score (nSPS) is 27.7. The first-order valence-electron chi connectivity index (χ1n) is 7.88. The van der Waals surface area contributed by atoms with Gasteiger partial charge < -0.3 is 9.84 Å². The summed E-state index contributed by atoms with van der Waals surface area (Å²) in [7, 11) is 0. The Morgan fingerprint density at radius 2 is 2.10 bits per heavy atom. The fourth-order valence-corrected chi connectivity index (χ4v) is 3.43. The molecule has 0 bridgehead atoms. The summed E-state index contributed by atoms with van der Waals surface area (Å²) in [6, 6.07) is 8.46. The minimum absolute atomic E-state index is 0.0125. The molecule has 4 nitrogen and oxygen atoms in total. The van der Waals surface area contributed by atoms with Crippen LogP contribution < -0.4 is 5.32 Å². The van der Waals surface area contributed by atoms with Crippen molar-refractivity contribution < 1.29 is 4.52 Å². The molecule has 0 spiro atoms. The number of piperidine rings is 1. The van der Waals surface area contributed by atoms with Crippen LogP contribution in [0.15, 0.2) is 28.8 Å². The first-order valence-corrected chi connectivity index (χ1v) is 7.88. The van der Waals surface area contributed by atoms with Crippen molar-refractivity contribution in [2.75, 3.05) is 6.54 Å². The lowest BCUT2D eigenvalue weighted by Gasteiger charge is -2.19. The maximum Gasteiger partial charge on any atom is 0.247 e. The Balaban J connectivity index is 1.60. The van der Waals surface area contributed by atoms with E-state index in [0.29, 0.717) is 17.7 Å². The zero-order chi connectivity index (χ0) is 14.4. The minimum Gasteiger partial charge on any atom is -0.337 e. The third-order valence-electron chi connectivity index (χ3n) is 4.92. The van der Waals surface area contributed by atoms with Gasteiger partial charge in [-0.25, -0.2) is 0 Å². The first kappa shape index (κ1) is 13.0. The molecule has 1 saturated carbocycles. The van der Waals surface area contributed by atoms with E-state index in [1.807, 2.05) is 0 Å². The highest BCUT2D eigenvalue weighted by molar-refractivity contribution is 5.55. The van der Waals surface area contributed by atoms with Crippen LogP contribution in [0, 0.1) is 5.92 Å². The van der Waals surface area contributed by atoms with Gasteiger partial charge in [-0.15, -0.1) is 0 Å². The lowest BCUT2D eigenvalue weighted by Crippen LogP contribution is -2.35. The van der Waals surface area contributed by atoms with E-state index in [4.69, 9.17) is 4.52 Å². The maximum atomic E-state index is 5.56. The largest absolute Gasteiger partial charge is 0.337 e. The Morgan fingerprint density at radius 3 is 2.81 bits per heavy atom. The average Bonchev–Trinajstić information content (AvgIpc) is 3.05. The average molecular weight is 283 g/mol. The summed E-state index contributed by atoms with van der Waals surface area (Å²) in [5, 5.41) is 7.76. The lowest BCUT2D eigenvalue weighted by atomic mass is 10.0. The van der Waals surface area contributed by atoms with Crippen LogP contribution in [0.25, 0.3) is 11.4 Å². The van der Waals surface area contributed by atoms with Gasteiger partial charge in [0.05, 0.1) is 0 Å². The topological polar surface area (TPSA) is 51.0 Å². The van der Waals surface area contributed by atoms with Crippen molar-refractivity contribution in [3.63, 3.8) is 0 Å². The summed E-state index contributed by atoms with van der Waals surface area (Å²) >= 11 is 0. The van der Waals surface area contributed by atoms with Crippen LogP contribution in [0.4, 0.5) is 0 Å². The van der Waals surface area contributed by atoms with Crippen molar-refractivity contribution in [2.24, 2.45) is 5.92 Å². The summed E-state index contributed by atoms with van der Waals surface area (Å²) in [6.07, 6.45) is 3.67. The fraction of sp³-hybridized carbons (Fsp3) is 0.529. The molecule has 0 unspecified atom stereocenters. The van der Waals surface area contributed by atoms with Gasteiger partial charge >= 0.3 is 0 Å². The van der Waals surface area contributed by atoms with Crippen molar-refractivity contribution in [3.05, 3.63) is 35.7 Å². The van der Waals surface area contributed by atoms with Gasteiger partial charge in [-0.3, -0.25) is 0 Å². The van der Waals surface area contributed by atoms with Gasteiger partial charge in [-0.05, 0) is 43.2 Å². The molecule has 1 aromatic heterocycles. The molecule has 1 aliphatic heterocycles. The van der Waals surface area contributed by atoms with E-state index in [2.05, 4.69) is 53.6 Å². The molecule has 0 radical (unpaired) electrons. The molecule has 2 aromatic rings. The Bertz CT molecular complexity index is 646. The van der Waals surface area contributed by atoms with Crippen LogP contribution in [0.5, 0.6) is 0 Å². The van der Waals surface area contributed by atoms with Crippen LogP contribution in [0.3, 0.4) is 0 Å². The molecule has 2 aliphatic rings. The number of nitrogens with one attached hydrogen (secondary N) is 1. The van der Waals surface area contributed by atoms with Crippen LogP contribution in [0.1, 0.15) is 50.5 Å². The molecule has 2 atom stereocenters. The van der Waals surface area contributed by atoms with E-state index >= 15 is 0 Å². The SMILES string of the molecule is CC(C)c1ccc(-c2noc([C@]34C[C@H]3CCCN4)n2)cc1. The standard InChI is InChI=1S/C17H21N3O/c1-11(2)12-5-7-13(8-6-12)15-19-16(21-20-15)17-10-14(17)4-3-9-18-17/h5-8,11,14,18H,3-4,9-10H2,1-2H3/t14-,17+/m1/s1. The molecule has 1 N–H and O–H groups in total. The molecular formula is C17H21N3O. The quantitative estimate of drug-likeness (QED) is 0.937. The van der Waals surface area contributed by atoms with Crippen molar-refractivity contribution in [3.8, 4) is 11.4 Å². The van der Waals surface area contributed by atoms with Gasteiger partial charge in [-0.2, -0.15) is 4.98 Å². The molecule has 4 rings (SSSR count). The highest BCUT2D eigenvalue weighted by atomic mass is 16.5. The molecule has 0 amide bonds. The smallest absolute Gasteiger partial charge is 0.247 e. The van der Waals surface area contributed by atoms with E-state index in [1.54, 1.807) is 0 Å². The van der Waals surface area contributed by atoms with Crippen LogP contribution in [0.2, 0.25) is 0 Å². The molecule has 1 saturated heterocycles. The number of hydrogen-bond donors (Lipinski definition) is 1. The Morgan fingerprint density at radius 1 is 1.29 bits per heavy atom. The molecule has 2 heterocycles. The second-order valence-electron chi connectivity index (χ2n) is 6.64. The van der Waals surface area contributed by atoms with Gasteiger partial charge in [0, 0.05) is 5.56 Å². The number of fused-ring (bicyclic) bond motifs is 1. The highest BCUT2D eigenvalue weighted by Gasteiger charge is 2.60. The van der Waals surface area contributed by atoms with Gasteiger partial charge in [-0.1, -0.05) is 43.3 Å². The highest BCUT2D eigenvalue weighted by Crippen LogP contribution is 2.55. The van der Waals surface area contributed by atoms with E-state index in [1.165, 1.54) is 18.4 Å². The van der Waals surface area contributed by atoms with Crippen molar-refractivity contribution in [1.29, 1.82) is 0 Å². The number of hydrogen-bond acceptors (Lipinski definition) is 4. The fourth-order valence-electron chi connectivity index (χ4n) is 3.43. The second kappa shape index (κ2) is 4.67. The summed E-state index contributed by atoms with van der Waals surface area (Å²) in [4.78, 5) is 4.65. The monoisotopic (exact) mass is 283 g/mol. The summed E-state index contributed by atoms with van der Waals surface area (Å²) < 4.78 is 5.56. The summed E-state index contributed by atoms with van der Waals surface area (Å²) in [6.45, 7) is 5.45. The van der Waals surface area contributed by atoms with E-state index < -0.39 is 0 Å². The van der Waals surface area contributed by atoms with Gasteiger partial charge in [0.1, 0.15) is 5.54 Å². The minimum atomic E-state index is -0.0125. The third-order valence-corrected chi connectivity index (χ3v) is 4.92. The van der Waals surface area contributed by atoms with E-state index in [9.17, 15) is 0 Å². The lowest BCUT2D eigenvalue weighted by molar-refractivity contribution is 0.282. The van der Waals surface area contributed by atoms with Crippen molar-refractivity contribution in [2.45, 2.75) is 44.6 Å². The molecule has 1 aliphatic carbocycles. The molecule has 4 heteroatoms. The number of rotatable bonds is 3. The second-order valence-corrected chi connectivity index (χ2v) is 6.64. The maximum absolute atomic E-state index is 5.56. The molecule has 21 heavy (non-hydrogen) atoms. The van der Waals surface area contributed by atoms with Crippen molar-refractivity contribution in [1.82, 2.24) is 15.5 Å². The van der Waals surface area contributed by atoms with Crippen LogP contribution in [-0.4, -0.2) is 16.7 Å². The Labute approximate surface area is 124 Å². The van der Waals surface area contributed by atoms with Gasteiger partial charge in [0.15, 0.2) is 0 Å². The van der Waals surface area contributed by atoms with Crippen LogP contribution in [-0.2, 0) is 5.54 Å². The zero-order valence-electron chi connectivity index (χ0n) is 12.6. The predicted octanol–water partition coefficient (Wildman–Crippen LogP) is 3.46. The summed E-state index contributed by atoms with van der Waals surface area (Å²) in [5.41, 5.74) is 2.34. The Kier molecular flexibility index (Phi) is 2.89. The zero-order valence-corrected chi connectivity index (χ0v) is 12.6.